The second kappa shape index (κ2) is 3.12. The Labute approximate surface area is 71.5 Å². The summed E-state index contributed by atoms with van der Waals surface area (Å²) in [6, 6.07) is 0. The maximum absolute atomic E-state index is 11.0. The lowest BCUT2D eigenvalue weighted by atomic mass is 10.2. The van der Waals surface area contributed by atoms with Crippen LogP contribution in [0.15, 0.2) is 27.9 Å². The number of ketones is 1. The van der Waals surface area contributed by atoms with E-state index in [1.807, 2.05) is 5.38 Å². The van der Waals surface area contributed by atoms with Gasteiger partial charge in [-0.3, -0.25) is 4.79 Å². The Bertz CT molecular complexity index is 264. The second-order valence-electron chi connectivity index (χ2n) is 1.70. The van der Waals surface area contributed by atoms with E-state index in [0.29, 0.717) is 5.56 Å². The number of carbonyl (C=O) groups is 1. The molecule has 1 heterocycles. The molecule has 1 aromatic rings. The Morgan fingerprint density at radius 3 is 2.80 bits per heavy atom. The van der Waals surface area contributed by atoms with Gasteiger partial charge in [0.1, 0.15) is 0 Å². The maximum Gasteiger partial charge on any atom is 0.187 e. The van der Waals surface area contributed by atoms with E-state index in [0.717, 1.165) is 4.47 Å². The highest BCUT2D eigenvalue weighted by Crippen LogP contribution is 2.21. The molecule has 0 aliphatic heterocycles. The van der Waals surface area contributed by atoms with Crippen LogP contribution in [-0.4, -0.2) is 5.78 Å². The van der Waals surface area contributed by atoms with E-state index in [4.69, 9.17) is 0 Å². The van der Waals surface area contributed by atoms with E-state index in [-0.39, 0.29) is 5.78 Å². The van der Waals surface area contributed by atoms with Crippen molar-refractivity contribution in [2.75, 3.05) is 0 Å². The molecule has 0 atom stereocenters. The topological polar surface area (TPSA) is 17.1 Å². The van der Waals surface area contributed by atoms with Gasteiger partial charge in [0, 0.05) is 20.8 Å². The van der Waals surface area contributed by atoms with E-state index in [1.54, 1.807) is 5.38 Å². The molecule has 3 heteroatoms. The van der Waals surface area contributed by atoms with Crippen molar-refractivity contribution in [2.45, 2.75) is 0 Å². The SMILES string of the molecule is C=CC(=O)c1cscc1Br. The van der Waals surface area contributed by atoms with Gasteiger partial charge in [0.25, 0.3) is 0 Å². The highest BCUT2D eigenvalue weighted by molar-refractivity contribution is 9.10. The average molecular weight is 217 g/mol. The normalized spacial score (nSPS) is 9.30. The molecule has 0 aromatic carbocycles. The molecule has 0 radical (unpaired) electrons. The minimum absolute atomic E-state index is 0.0341. The van der Waals surface area contributed by atoms with Crippen molar-refractivity contribution >= 4 is 33.0 Å². The molecule has 0 N–H and O–H groups in total. The van der Waals surface area contributed by atoms with Gasteiger partial charge in [-0.2, -0.15) is 11.3 Å². The molecule has 0 saturated carbocycles. The molecular weight excluding hydrogens is 212 g/mol. The van der Waals surface area contributed by atoms with Crippen molar-refractivity contribution in [3.63, 3.8) is 0 Å². The van der Waals surface area contributed by atoms with Gasteiger partial charge in [0.15, 0.2) is 5.78 Å². The third-order valence-electron chi connectivity index (χ3n) is 1.07. The molecule has 0 saturated heterocycles. The first-order valence-corrected chi connectivity index (χ1v) is 4.37. The Morgan fingerprint density at radius 1 is 1.70 bits per heavy atom. The van der Waals surface area contributed by atoms with Crippen molar-refractivity contribution in [3.8, 4) is 0 Å². The molecule has 1 nitrogen and oxygen atoms in total. The monoisotopic (exact) mass is 216 g/mol. The van der Waals surface area contributed by atoms with Gasteiger partial charge < -0.3 is 0 Å². The lowest BCUT2D eigenvalue weighted by molar-refractivity contribution is 0.104. The number of carbonyl (C=O) groups excluding carboxylic acids is 1. The first kappa shape index (κ1) is 7.69. The summed E-state index contributed by atoms with van der Waals surface area (Å²) in [5, 5.41) is 3.67. The van der Waals surface area contributed by atoms with Crippen LogP contribution in [0, 0.1) is 0 Å². The Morgan fingerprint density at radius 2 is 2.40 bits per heavy atom. The highest BCUT2D eigenvalue weighted by Gasteiger charge is 2.05. The molecule has 0 amide bonds. The van der Waals surface area contributed by atoms with Gasteiger partial charge in [-0.05, 0) is 22.0 Å². The molecule has 0 spiro atoms. The summed E-state index contributed by atoms with van der Waals surface area (Å²) in [6.07, 6.45) is 1.31. The predicted octanol–water partition coefficient (Wildman–Crippen LogP) is 2.88. The summed E-state index contributed by atoms with van der Waals surface area (Å²) in [5.41, 5.74) is 0.694. The van der Waals surface area contributed by atoms with E-state index in [9.17, 15) is 4.79 Å². The van der Waals surface area contributed by atoms with Gasteiger partial charge in [-0.15, -0.1) is 0 Å². The quantitative estimate of drug-likeness (QED) is 0.549. The standard InChI is InChI=1S/C7H5BrOS/c1-2-7(9)5-3-10-4-6(5)8/h2-4H,1H2. The summed E-state index contributed by atoms with van der Waals surface area (Å²) in [4.78, 5) is 11.0. The predicted molar refractivity (Wildman–Crippen MR) is 46.5 cm³/mol. The van der Waals surface area contributed by atoms with Crippen LogP contribution in [0.5, 0.6) is 0 Å². The van der Waals surface area contributed by atoms with Crippen LogP contribution < -0.4 is 0 Å². The van der Waals surface area contributed by atoms with Crippen LogP contribution in [0.3, 0.4) is 0 Å². The van der Waals surface area contributed by atoms with E-state index in [2.05, 4.69) is 22.5 Å². The van der Waals surface area contributed by atoms with Gasteiger partial charge in [-0.1, -0.05) is 6.58 Å². The van der Waals surface area contributed by atoms with E-state index in [1.165, 1.54) is 17.4 Å². The third kappa shape index (κ3) is 1.36. The zero-order chi connectivity index (χ0) is 7.56. The summed E-state index contributed by atoms with van der Waals surface area (Å²) >= 11 is 4.74. The van der Waals surface area contributed by atoms with Crippen LogP contribution >= 0.6 is 27.3 Å². The first-order chi connectivity index (χ1) is 4.75. The number of hydrogen-bond acceptors (Lipinski definition) is 2. The Balaban J connectivity index is 3.04. The third-order valence-corrected chi connectivity index (χ3v) is 2.77. The summed E-state index contributed by atoms with van der Waals surface area (Å²) in [6.45, 7) is 3.39. The molecule has 0 fully saturated rings. The number of halogens is 1. The molecule has 52 valence electrons. The zero-order valence-electron chi connectivity index (χ0n) is 5.13. The number of rotatable bonds is 2. The molecule has 0 aliphatic rings. The fraction of sp³-hybridized carbons (Fsp3) is 0. The van der Waals surface area contributed by atoms with E-state index >= 15 is 0 Å². The zero-order valence-corrected chi connectivity index (χ0v) is 7.54. The van der Waals surface area contributed by atoms with Crippen molar-refractivity contribution in [3.05, 3.63) is 33.5 Å². The number of thiophene rings is 1. The molecular formula is C7H5BrOS. The molecule has 1 rings (SSSR count). The largest absolute Gasteiger partial charge is 0.289 e. The van der Waals surface area contributed by atoms with Crippen LogP contribution in [-0.2, 0) is 0 Å². The fourth-order valence-corrected chi connectivity index (χ4v) is 2.05. The summed E-state index contributed by atoms with van der Waals surface area (Å²) < 4.78 is 0.849. The van der Waals surface area contributed by atoms with Crippen LogP contribution in [0.2, 0.25) is 0 Å². The second-order valence-corrected chi connectivity index (χ2v) is 3.30. The van der Waals surface area contributed by atoms with Gasteiger partial charge in [0.05, 0.1) is 0 Å². The highest BCUT2D eigenvalue weighted by atomic mass is 79.9. The fourth-order valence-electron chi connectivity index (χ4n) is 0.567. The minimum atomic E-state index is -0.0341. The van der Waals surface area contributed by atoms with E-state index < -0.39 is 0 Å². The maximum atomic E-state index is 11.0. The van der Waals surface area contributed by atoms with Gasteiger partial charge in [-0.25, -0.2) is 0 Å². The minimum Gasteiger partial charge on any atom is -0.289 e. The molecule has 0 aliphatic carbocycles. The summed E-state index contributed by atoms with van der Waals surface area (Å²) in [7, 11) is 0. The van der Waals surface area contributed by atoms with Crippen LogP contribution in [0.1, 0.15) is 10.4 Å². The molecule has 1 aromatic heterocycles. The lowest BCUT2D eigenvalue weighted by Gasteiger charge is -1.87. The van der Waals surface area contributed by atoms with Gasteiger partial charge >= 0.3 is 0 Å². The number of allylic oxidation sites excluding steroid dienone is 1. The number of hydrogen-bond donors (Lipinski definition) is 0. The molecule has 0 bridgehead atoms. The first-order valence-electron chi connectivity index (χ1n) is 2.64. The Kier molecular flexibility index (Phi) is 2.40. The van der Waals surface area contributed by atoms with Crippen LogP contribution in [0.4, 0.5) is 0 Å². The van der Waals surface area contributed by atoms with Crippen molar-refractivity contribution in [2.24, 2.45) is 0 Å². The lowest BCUT2D eigenvalue weighted by Crippen LogP contribution is -1.90. The molecule has 0 unspecified atom stereocenters. The smallest absolute Gasteiger partial charge is 0.187 e. The van der Waals surface area contributed by atoms with Crippen molar-refractivity contribution in [1.82, 2.24) is 0 Å². The van der Waals surface area contributed by atoms with Crippen LogP contribution in [0.25, 0.3) is 0 Å². The van der Waals surface area contributed by atoms with Crippen molar-refractivity contribution in [1.29, 1.82) is 0 Å². The average Bonchev–Trinajstić information content (AvgIpc) is 2.34. The van der Waals surface area contributed by atoms with Gasteiger partial charge in [0.2, 0.25) is 0 Å². The van der Waals surface area contributed by atoms with Crippen molar-refractivity contribution < 1.29 is 4.79 Å². The summed E-state index contributed by atoms with van der Waals surface area (Å²) in [5.74, 6) is -0.0341. The Hall–Kier alpha value is -0.410. The molecule has 10 heavy (non-hydrogen) atoms.